The lowest BCUT2D eigenvalue weighted by Crippen LogP contribution is -2.10. The zero-order valence-corrected chi connectivity index (χ0v) is 13.6. The maximum Gasteiger partial charge on any atom is 0.336 e. The number of aromatic carboxylic acids is 1. The van der Waals surface area contributed by atoms with E-state index in [0.717, 1.165) is 16.0 Å². The second kappa shape index (κ2) is 5.94. The Morgan fingerprint density at radius 2 is 1.67 bits per heavy atom. The summed E-state index contributed by atoms with van der Waals surface area (Å²) >= 11 is 1.57. The summed E-state index contributed by atoms with van der Waals surface area (Å²) in [7, 11) is 0. The summed E-state index contributed by atoms with van der Waals surface area (Å²) in [5, 5.41) is 9.42. The van der Waals surface area contributed by atoms with Gasteiger partial charge in [0.1, 0.15) is 0 Å². The lowest BCUT2D eigenvalue weighted by Gasteiger charge is -2.19. The Morgan fingerprint density at radius 3 is 2.14 bits per heavy atom. The highest BCUT2D eigenvalue weighted by atomic mass is 32.2. The number of hydrogen-bond acceptors (Lipinski definition) is 2. The Hall–Kier alpha value is -1.74. The minimum atomic E-state index is -0.888. The number of carboxylic acids is 1. The van der Waals surface area contributed by atoms with E-state index < -0.39 is 5.97 Å². The van der Waals surface area contributed by atoms with Gasteiger partial charge >= 0.3 is 5.97 Å². The molecule has 0 aliphatic rings. The molecule has 0 amide bonds. The number of carbonyl (C=O) groups is 1. The Balaban J connectivity index is 2.58. The van der Waals surface area contributed by atoms with E-state index in [1.54, 1.807) is 23.9 Å². The number of carboxylic acid groups (broad SMARTS) is 1. The van der Waals surface area contributed by atoms with Crippen LogP contribution in [-0.2, 0) is 5.41 Å². The van der Waals surface area contributed by atoms with Crippen LogP contribution in [0.25, 0.3) is 11.1 Å². The van der Waals surface area contributed by atoms with Crippen LogP contribution in [0.2, 0.25) is 0 Å². The van der Waals surface area contributed by atoms with Crippen LogP contribution in [0.4, 0.5) is 0 Å². The first kappa shape index (κ1) is 15.6. The van der Waals surface area contributed by atoms with Gasteiger partial charge in [0, 0.05) is 10.5 Å². The Kier molecular flexibility index (Phi) is 4.43. The molecular formula is C18H20O2S. The number of thioether (sulfide) groups is 1. The summed E-state index contributed by atoms with van der Waals surface area (Å²) in [4.78, 5) is 12.5. The van der Waals surface area contributed by atoms with Crippen molar-refractivity contribution in [1.29, 1.82) is 0 Å². The quantitative estimate of drug-likeness (QED) is 0.804. The largest absolute Gasteiger partial charge is 0.478 e. The third-order valence-corrected chi connectivity index (χ3v) is 4.30. The van der Waals surface area contributed by atoms with Crippen LogP contribution >= 0.6 is 11.8 Å². The molecule has 2 aromatic carbocycles. The maximum atomic E-state index is 11.5. The first-order valence-corrected chi connectivity index (χ1v) is 8.08. The van der Waals surface area contributed by atoms with Gasteiger partial charge in [0.05, 0.1) is 5.56 Å². The van der Waals surface area contributed by atoms with Crippen LogP contribution in [-0.4, -0.2) is 17.3 Å². The van der Waals surface area contributed by atoms with E-state index >= 15 is 0 Å². The van der Waals surface area contributed by atoms with Crippen LogP contribution in [0.1, 0.15) is 36.7 Å². The molecule has 110 valence electrons. The van der Waals surface area contributed by atoms with E-state index in [4.69, 9.17) is 0 Å². The number of benzene rings is 2. The van der Waals surface area contributed by atoms with Gasteiger partial charge in [-0.1, -0.05) is 51.1 Å². The smallest absolute Gasteiger partial charge is 0.336 e. The lowest BCUT2D eigenvalue weighted by atomic mass is 9.86. The van der Waals surface area contributed by atoms with Gasteiger partial charge in [-0.05, 0) is 34.9 Å². The normalized spacial score (nSPS) is 11.4. The van der Waals surface area contributed by atoms with Gasteiger partial charge in [0.25, 0.3) is 0 Å². The van der Waals surface area contributed by atoms with E-state index in [2.05, 4.69) is 32.9 Å². The molecule has 0 heterocycles. The average Bonchev–Trinajstić information content (AvgIpc) is 2.45. The molecule has 2 nitrogen and oxygen atoms in total. The van der Waals surface area contributed by atoms with E-state index in [0.29, 0.717) is 5.56 Å². The van der Waals surface area contributed by atoms with Crippen LogP contribution in [0.15, 0.2) is 47.4 Å². The van der Waals surface area contributed by atoms with Gasteiger partial charge in [-0.25, -0.2) is 4.79 Å². The summed E-state index contributed by atoms with van der Waals surface area (Å²) in [6.07, 6.45) is 1.97. The van der Waals surface area contributed by atoms with Crippen molar-refractivity contribution in [1.82, 2.24) is 0 Å². The summed E-state index contributed by atoms with van der Waals surface area (Å²) in [6.45, 7) is 6.50. The fraction of sp³-hybridized carbons (Fsp3) is 0.278. The summed E-state index contributed by atoms with van der Waals surface area (Å²) < 4.78 is 0. The van der Waals surface area contributed by atoms with E-state index in [9.17, 15) is 9.90 Å². The Morgan fingerprint density at radius 1 is 1.05 bits per heavy atom. The number of hydrogen-bond donors (Lipinski definition) is 1. The molecule has 21 heavy (non-hydrogen) atoms. The second-order valence-electron chi connectivity index (χ2n) is 6.02. The fourth-order valence-corrected chi connectivity index (χ4v) is 2.96. The molecule has 2 rings (SSSR count). The Bertz CT molecular complexity index is 652. The van der Waals surface area contributed by atoms with Gasteiger partial charge in [-0.2, -0.15) is 0 Å². The average molecular weight is 300 g/mol. The van der Waals surface area contributed by atoms with Gasteiger partial charge in [-0.15, -0.1) is 11.8 Å². The van der Waals surface area contributed by atoms with Crippen LogP contribution < -0.4 is 0 Å². The standard InChI is InChI=1S/C18H20O2S/c1-18(2,3)13-10-8-12(9-11-13)16-14(17(19)20)6-5-7-15(16)21-4/h5-11H,1-4H3,(H,19,20). The topological polar surface area (TPSA) is 37.3 Å². The third kappa shape index (κ3) is 3.30. The van der Waals surface area contributed by atoms with Crippen molar-refractivity contribution < 1.29 is 9.90 Å². The van der Waals surface area contributed by atoms with Gasteiger partial charge in [0.15, 0.2) is 0 Å². The van der Waals surface area contributed by atoms with E-state index in [1.807, 2.05) is 24.5 Å². The van der Waals surface area contributed by atoms with Crippen molar-refractivity contribution in [2.45, 2.75) is 31.1 Å². The highest BCUT2D eigenvalue weighted by molar-refractivity contribution is 7.98. The monoisotopic (exact) mass is 300 g/mol. The molecule has 0 bridgehead atoms. The van der Waals surface area contributed by atoms with E-state index in [1.165, 1.54) is 5.56 Å². The van der Waals surface area contributed by atoms with Crippen molar-refractivity contribution >= 4 is 17.7 Å². The summed E-state index contributed by atoms with van der Waals surface area (Å²) in [6, 6.07) is 13.6. The van der Waals surface area contributed by atoms with Crippen molar-refractivity contribution in [2.75, 3.05) is 6.26 Å². The predicted octanol–water partition coefficient (Wildman–Crippen LogP) is 5.07. The minimum absolute atomic E-state index is 0.0905. The highest BCUT2D eigenvalue weighted by Gasteiger charge is 2.17. The van der Waals surface area contributed by atoms with Crippen LogP contribution in [0.3, 0.4) is 0 Å². The molecule has 0 saturated heterocycles. The van der Waals surface area contributed by atoms with Gasteiger partial charge in [0.2, 0.25) is 0 Å². The molecule has 0 fully saturated rings. The maximum absolute atomic E-state index is 11.5. The molecule has 0 atom stereocenters. The van der Waals surface area contributed by atoms with Crippen LogP contribution in [0.5, 0.6) is 0 Å². The molecule has 0 unspecified atom stereocenters. The van der Waals surface area contributed by atoms with Crippen LogP contribution in [0, 0.1) is 0 Å². The summed E-state index contributed by atoms with van der Waals surface area (Å²) in [5.74, 6) is -0.888. The highest BCUT2D eigenvalue weighted by Crippen LogP contribution is 2.34. The van der Waals surface area contributed by atoms with E-state index in [-0.39, 0.29) is 5.41 Å². The molecule has 1 N–H and O–H groups in total. The zero-order valence-electron chi connectivity index (χ0n) is 12.8. The Labute approximate surface area is 130 Å². The molecule has 0 aliphatic carbocycles. The van der Waals surface area contributed by atoms with Crippen molar-refractivity contribution in [2.24, 2.45) is 0 Å². The molecule has 2 aromatic rings. The SMILES string of the molecule is CSc1cccc(C(=O)O)c1-c1ccc(C(C)(C)C)cc1. The predicted molar refractivity (Wildman–Crippen MR) is 89.3 cm³/mol. The fourth-order valence-electron chi connectivity index (χ4n) is 2.31. The molecule has 0 saturated carbocycles. The first-order chi connectivity index (χ1) is 9.84. The minimum Gasteiger partial charge on any atom is -0.478 e. The number of rotatable bonds is 3. The van der Waals surface area contributed by atoms with Gasteiger partial charge in [-0.3, -0.25) is 0 Å². The molecule has 0 aromatic heterocycles. The molecule has 0 radical (unpaired) electrons. The van der Waals surface area contributed by atoms with Crippen molar-refractivity contribution in [3.63, 3.8) is 0 Å². The summed E-state index contributed by atoms with van der Waals surface area (Å²) in [5.41, 5.74) is 3.44. The molecule has 0 aliphatic heterocycles. The van der Waals surface area contributed by atoms with Crippen molar-refractivity contribution in [3.8, 4) is 11.1 Å². The zero-order chi connectivity index (χ0) is 15.6. The second-order valence-corrected chi connectivity index (χ2v) is 6.86. The molecule has 3 heteroatoms. The van der Waals surface area contributed by atoms with Gasteiger partial charge < -0.3 is 5.11 Å². The lowest BCUT2D eigenvalue weighted by molar-refractivity contribution is 0.0697. The van der Waals surface area contributed by atoms with Crippen molar-refractivity contribution in [3.05, 3.63) is 53.6 Å². The first-order valence-electron chi connectivity index (χ1n) is 6.86. The third-order valence-electron chi connectivity index (χ3n) is 3.52. The molecule has 0 spiro atoms. The molecular weight excluding hydrogens is 280 g/mol.